The van der Waals surface area contributed by atoms with E-state index in [0.29, 0.717) is 23.1 Å². The van der Waals surface area contributed by atoms with Crippen molar-refractivity contribution in [2.75, 3.05) is 34.3 Å². The maximum atomic E-state index is 6.06. The molecule has 1 heterocycles. The standard InChI is InChI=1S/C22H26ClNO4/c1-13-16-11-21(27-4)20(26-3)10-15(16)8-18(24-13)17-12-22(28-5)19(25-2)9-14(17)6-7-23/h9-12,18H,6-8H2,1-5H3. The van der Waals surface area contributed by atoms with E-state index >= 15 is 0 Å². The molecule has 1 aliphatic heterocycles. The molecule has 1 atom stereocenters. The molecule has 0 amide bonds. The highest BCUT2D eigenvalue weighted by Gasteiger charge is 2.25. The molecule has 0 aliphatic carbocycles. The fourth-order valence-electron chi connectivity index (χ4n) is 3.73. The number of aryl methyl sites for hydroxylation is 1. The number of alkyl halides is 1. The Morgan fingerprint density at radius 2 is 1.46 bits per heavy atom. The first-order valence-electron chi connectivity index (χ1n) is 9.16. The van der Waals surface area contributed by atoms with Crippen molar-refractivity contribution in [1.29, 1.82) is 0 Å². The number of benzene rings is 2. The van der Waals surface area contributed by atoms with Crippen molar-refractivity contribution in [3.63, 3.8) is 0 Å². The lowest BCUT2D eigenvalue weighted by atomic mass is 9.87. The fraction of sp³-hybridized carbons (Fsp3) is 0.409. The summed E-state index contributed by atoms with van der Waals surface area (Å²) < 4.78 is 21.9. The highest BCUT2D eigenvalue weighted by molar-refractivity contribution is 6.18. The largest absolute Gasteiger partial charge is 0.493 e. The number of ether oxygens (including phenoxy) is 4. The lowest BCUT2D eigenvalue weighted by Crippen LogP contribution is -2.16. The van der Waals surface area contributed by atoms with Crippen LogP contribution in [0.5, 0.6) is 23.0 Å². The van der Waals surface area contributed by atoms with Crippen LogP contribution in [0.2, 0.25) is 0 Å². The Morgan fingerprint density at radius 3 is 2.07 bits per heavy atom. The third kappa shape index (κ3) is 3.76. The molecule has 0 N–H and O–H groups in total. The predicted octanol–water partition coefficient (Wildman–Crippen LogP) is 4.61. The van der Waals surface area contributed by atoms with E-state index in [-0.39, 0.29) is 6.04 Å². The monoisotopic (exact) mass is 403 g/mol. The van der Waals surface area contributed by atoms with Crippen LogP contribution in [0.1, 0.15) is 35.2 Å². The van der Waals surface area contributed by atoms with Crippen LogP contribution in [0.15, 0.2) is 29.3 Å². The minimum Gasteiger partial charge on any atom is -0.493 e. The lowest BCUT2D eigenvalue weighted by Gasteiger charge is -2.26. The average Bonchev–Trinajstić information content (AvgIpc) is 2.72. The highest BCUT2D eigenvalue weighted by Crippen LogP contribution is 2.40. The lowest BCUT2D eigenvalue weighted by molar-refractivity contribution is 0.353. The van der Waals surface area contributed by atoms with Gasteiger partial charge in [-0.1, -0.05) is 0 Å². The van der Waals surface area contributed by atoms with E-state index in [1.807, 2.05) is 31.2 Å². The van der Waals surface area contributed by atoms with Crippen molar-refractivity contribution < 1.29 is 18.9 Å². The van der Waals surface area contributed by atoms with Crippen molar-refractivity contribution >= 4 is 17.3 Å². The van der Waals surface area contributed by atoms with Gasteiger partial charge in [0.1, 0.15) is 0 Å². The van der Waals surface area contributed by atoms with Crippen LogP contribution in [0.25, 0.3) is 0 Å². The van der Waals surface area contributed by atoms with E-state index in [2.05, 4.69) is 0 Å². The summed E-state index contributed by atoms with van der Waals surface area (Å²) in [6.07, 6.45) is 1.50. The summed E-state index contributed by atoms with van der Waals surface area (Å²) in [7, 11) is 6.58. The van der Waals surface area contributed by atoms with Crippen LogP contribution >= 0.6 is 11.6 Å². The zero-order valence-electron chi connectivity index (χ0n) is 17.0. The van der Waals surface area contributed by atoms with Crippen LogP contribution in [0.3, 0.4) is 0 Å². The Kier molecular flexibility index (Phi) is 6.35. The Balaban J connectivity index is 2.08. The summed E-state index contributed by atoms with van der Waals surface area (Å²) in [6.45, 7) is 2.03. The van der Waals surface area contributed by atoms with Crippen molar-refractivity contribution in [2.24, 2.45) is 4.99 Å². The molecule has 150 valence electrons. The molecule has 0 saturated carbocycles. The number of methoxy groups -OCH3 is 4. The first kappa shape index (κ1) is 20.3. The summed E-state index contributed by atoms with van der Waals surface area (Å²) in [4.78, 5) is 4.98. The van der Waals surface area contributed by atoms with Gasteiger partial charge in [0.25, 0.3) is 0 Å². The van der Waals surface area contributed by atoms with E-state index in [0.717, 1.165) is 41.0 Å². The van der Waals surface area contributed by atoms with E-state index in [1.54, 1.807) is 28.4 Å². The number of nitrogens with zero attached hydrogens (tertiary/aromatic N) is 1. The topological polar surface area (TPSA) is 49.3 Å². The van der Waals surface area contributed by atoms with E-state index in [1.165, 1.54) is 5.56 Å². The van der Waals surface area contributed by atoms with Crippen molar-refractivity contribution in [3.8, 4) is 23.0 Å². The number of hydrogen-bond donors (Lipinski definition) is 0. The first-order chi connectivity index (χ1) is 13.6. The minimum atomic E-state index is -0.0244. The summed E-state index contributed by atoms with van der Waals surface area (Å²) >= 11 is 6.06. The van der Waals surface area contributed by atoms with Gasteiger partial charge in [0.05, 0.1) is 34.5 Å². The van der Waals surface area contributed by atoms with E-state index in [9.17, 15) is 0 Å². The summed E-state index contributed by atoms with van der Waals surface area (Å²) in [5, 5.41) is 0. The number of rotatable bonds is 7. The number of halogens is 1. The normalized spacial score (nSPS) is 15.5. The molecule has 5 nitrogen and oxygen atoms in total. The Morgan fingerprint density at radius 1 is 0.893 bits per heavy atom. The van der Waals surface area contributed by atoms with Gasteiger partial charge in [-0.15, -0.1) is 11.6 Å². The molecule has 28 heavy (non-hydrogen) atoms. The smallest absolute Gasteiger partial charge is 0.161 e. The Hall–Kier alpha value is -2.40. The van der Waals surface area contributed by atoms with Crippen LogP contribution in [0.4, 0.5) is 0 Å². The second-order valence-electron chi connectivity index (χ2n) is 6.64. The van der Waals surface area contributed by atoms with Crippen LogP contribution in [0, 0.1) is 0 Å². The van der Waals surface area contributed by atoms with Crippen molar-refractivity contribution in [1.82, 2.24) is 0 Å². The molecule has 2 aromatic rings. The van der Waals surface area contributed by atoms with Gasteiger partial charge in [0.2, 0.25) is 0 Å². The van der Waals surface area contributed by atoms with Gasteiger partial charge in [0, 0.05) is 17.2 Å². The molecule has 6 heteroatoms. The zero-order chi connectivity index (χ0) is 20.3. The molecule has 0 aromatic heterocycles. The maximum Gasteiger partial charge on any atom is 0.161 e. The number of aliphatic imine (C=N–C) groups is 1. The molecule has 0 radical (unpaired) electrons. The second kappa shape index (κ2) is 8.74. The van der Waals surface area contributed by atoms with Gasteiger partial charge >= 0.3 is 0 Å². The third-order valence-corrected chi connectivity index (χ3v) is 5.32. The summed E-state index contributed by atoms with van der Waals surface area (Å²) in [6, 6.07) is 8.04. The quantitative estimate of drug-likeness (QED) is 0.633. The summed E-state index contributed by atoms with van der Waals surface area (Å²) in [5.41, 5.74) is 5.48. The van der Waals surface area contributed by atoms with Gasteiger partial charge in [-0.05, 0) is 60.7 Å². The zero-order valence-corrected chi connectivity index (χ0v) is 17.7. The maximum absolute atomic E-state index is 6.06. The first-order valence-corrected chi connectivity index (χ1v) is 9.70. The number of hydrogen-bond acceptors (Lipinski definition) is 5. The Labute approximate surface area is 171 Å². The molecule has 0 saturated heterocycles. The molecule has 0 bridgehead atoms. The molecular formula is C22H26ClNO4. The van der Waals surface area contributed by atoms with Crippen molar-refractivity contribution in [3.05, 3.63) is 46.5 Å². The molecule has 1 unspecified atom stereocenters. The summed E-state index contributed by atoms with van der Waals surface area (Å²) in [5.74, 6) is 3.36. The molecule has 0 spiro atoms. The molecule has 0 fully saturated rings. The fourth-order valence-corrected chi connectivity index (χ4v) is 3.93. The van der Waals surface area contributed by atoms with Crippen LogP contribution in [-0.4, -0.2) is 40.0 Å². The van der Waals surface area contributed by atoms with Gasteiger partial charge in [-0.3, -0.25) is 4.99 Å². The van der Waals surface area contributed by atoms with Gasteiger partial charge < -0.3 is 18.9 Å². The molecular weight excluding hydrogens is 378 g/mol. The SMILES string of the molecule is COc1cc2c(cc1OC)C(C)=NC(c1cc(OC)c(OC)cc1CCCl)C2. The minimum absolute atomic E-state index is 0.0244. The molecule has 2 aromatic carbocycles. The van der Waals surface area contributed by atoms with Gasteiger partial charge in [-0.25, -0.2) is 0 Å². The Bertz CT molecular complexity index is 895. The number of fused-ring (bicyclic) bond motifs is 1. The van der Waals surface area contributed by atoms with Gasteiger partial charge in [0.15, 0.2) is 23.0 Å². The van der Waals surface area contributed by atoms with Crippen LogP contribution in [-0.2, 0) is 12.8 Å². The van der Waals surface area contributed by atoms with Gasteiger partial charge in [-0.2, -0.15) is 0 Å². The average molecular weight is 404 g/mol. The predicted molar refractivity (Wildman–Crippen MR) is 112 cm³/mol. The van der Waals surface area contributed by atoms with Crippen LogP contribution < -0.4 is 18.9 Å². The highest BCUT2D eigenvalue weighted by atomic mass is 35.5. The third-order valence-electron chi connectivity index (χ3n) is 5.13. The second-order valence-corrected chi connectivity index (χ2v) is 7.02. The van der Waals surface area contributed by atoms with E-state index in [4.69, 9.17) is 35.5 Å². The molecule has 3 rings (SSSR count). The van der Waals surface area contributed by atoms with Crippen molar-refractivity contribution in [2.45, 2.75) is 25.8 Å². The van der Waals surface area contributed by atoms with E-state index < -0.39 is 0 Å². The molecule has 1 aliphatic rings.